The van der Waals surface area contributed by atoms with Crippen molar-refractivity contribution in [3.05, 3.63) is 61.2 Å². The second-order valence-electron chi connectivity index (χ2n) is 13.8. The van der Waals surface area contributed by atoms with Gasteiger partial charge in [-0.05, 0) is 32.3 Å². The number of fused-ring (bicyclic) bond motifs is 1. The maximum absolute atomic E-state index is 14.7. The van der Waals surface area contributed by atoms with Gasteiger partial charge < -0.3 is 34.0 Å². The number of carbonyl (C=O) groups is 4. The van der Waals surface area contributed by atoms with Crippen LogP contribution in [0, 0.1) is 11.8 Å². The van der Waals surface area contributed by atoms with Crippen molar-refractivity contribution < 1.29 is 38.5 Å². The number of hydrogen-bond donors (Lipinski definition) is 1. The molecule has 13 heteroatoms. The molecule has 12 nitrogen and oxygen atoms in total. The quantitative estimate of drug-likeness (QED) is 0.154. The predicted octanol–water partition coefficient (Wildman–Crippen LogP) is 2.56. The van der Waals surface area contributed by atoms with Gasteiger partial charge in [0.25, 0.3) is 0 Å². The van der Waals surface area contributed by atoms with Gasteiger partial charge in [-0.15, -0.1) is 13.2 Å². The number of nitrogens with zero attached hydrogens (tertiary/aromatic N) is 4. The highest BCUT2D eigenvalue weighted by atomic mass is 79.9. The first-order valence-corrected chi connectivity index (χ1v) is 18.5. The van der Waals surface area contributed by atoms with E-state index >= 15 is 0 Å². The molecule has 4 fully saturated rings. The van der Waals surface area contributed by atoms with Gasteiger partial charge in [0.05, 0.1) is 49.8 Å². The predicted molar refractivity (Wildman–Crippen MR) is 190 cm³/mol. The number of amides is 3. The Hall–Kier alpha value is -3.10. The largest absolute Gasteiger partial charge is 0.455 e. The number of alkyl halides is 1. The molecule has 4 heterocycles. The highest BCUT2D eigenvalue weighted by Gasteiger charge is 2.77. The van der Waals surface area contributed by atoms with Gasteiger partial charge in [-0.3, -0.25) is 24.1 Å². The number of rotatable bonds is 16. The Labute approximate surface area is 303 Å². The number of allylic oxidation sites excluding steroid dienone is 1. The molecule has 2 bridgehead atoms. The third-order valence-corrected chi connectivity index (χ3v) is 11.6. The van der Waals surface area contributed by atoms with E-state index in [2.05, 4.69) is 34.0 Å². The van der Waals surface area contributed by atoms with Crippen LogP contribution in [-0.2, 0) is 33.4 Å². The summed E-state index contributed by atoms with van der Waals surface area (Å²) in [4.78, 5) is 63.3. The Bertz CT molecular complexity index is 1410. The fourth-order valence-corrected chi connectivity index (χ4v) is 8.95. The number of halogens is 1. The molecule has 4 aliphatic heterocycles. The molecule has 1 spiro atoms. The molecule has 0 radical (unpaired) electrons. The minimum absolute atomic E-state index is 0.115. The monoisotopic (exact) mass is 758 g/mol. The lowest BCUT2D eigenvalue weighted by Crippen LogP contribution is -2.59. The SMILES string of the molecule is C=CCCC(=O)N(C)[C@@H](C)[C@@H](OC(=O)[C@H]1[C@@H]2O[C@@]3(CC2Br)[C@@H]1C(=O)N([C@H](C)CO)[C@@H]3C(=O)N(CC=C)CCN1CCOCC1)c1ccccc1. The Balaban J connectivity index is 1.46. The van der Waals surface area contributed by atoms with Gasteiger partial charge in [0.2, 0.25) is 17.7 Å². The van der Waals surface area contributed by atoms with E-state index in [1.807, 2.05) is 37.3 Å². The van der Waals surface area contributed by atoms with Gasteiger partial charge in [0.1, 0.15) is 17.7 Å². The fraction of sp³-hybridized carbons (Fsp3) is 0.622. The van der Waals surface area contributed by atoms with Crippen LogP contribution in [0.25, 0.3) is 0 Å². The Morgan fingerprint density at radius 2 is 1.86 bits per heavy atom. The zero-order valence-corrected chi connectivity index (χ0v) is 30.9. The van der Waals surface area contributed by atoms with E-state index in [1.165, 1.54) is 4.90 Å². The van der Waals surface area contributed by atoms with Crippen LogP contribution in [0.4, 0.5) is 0 Å². The van der Waals surface area contributed by atoms with E-state index in [-0.39, 0.29) is 36.2 Å². The molecule has 1 aromatic carbocycles. The number of likely N-dealkylation sites (N-methyl/N-ethyl adjacent to an activating group) is 1. The molecule has 9 atom stereocenters. The summed E-state index contributed by atoms with van der Waals surface area (Å²) >= 11 is 3.73. The van der Waals surface area contributed by atoms with Crippen LogP contribution >= 0.6 is 15.9 Å². The molecule has 0 aliphatic carbocycles. The number of benzene rings is 1. The van der Waals surface area contributed by atoms with Gasteiger partial charge in [-0.1, -0.05) is 58.4 Å². The van der Waals surface area contributed by atoms with Crippen LogP contribution in [0.1, 0.15) is 44.8 Å². The van der Waals surface area contributed by atoms with Crippen LogP contribution in [0.15, 0.2) is 55.6 Å². The maximum atomic E-state index is 14.7. The topological polar surface area (TPSA) is 129 Å². The molecule has 4 aliphatic rings. The molecular weight excluding hydrogens is 708 g/mol. The van der Waals surface area contributed by atoms with Crippen molar-refractivity contribution in [3.8, 4) is 0 Å². The molecule has 1 N–H and O–H groups in total. The van der Waals surface area contributed by atoms with Crippen LogP contribution in [0.2, 0.25) is 0 Å². The average molecular weight is 760 g/mol. The van der Waals surface area contributed by atoms with Gasteiger partial charge >= 0.3 is 5.97 Å². The molecule has 1 aromatic rings. The standard InChI is InChI=1S/C37H51BrN4O8/c1-6-8-14-28(44)39(5)25(4)31(26-12-10-9-11-13-26)49-36(47)29-30-34(45)42(24(3)23-43)33(37(30)22-27(38)32(29)50-37)35(46)41(15-7-2)17-16-40-18-20-48-21-19-40/h6-7,9-13,24-25,27,29-33,43H,1-2,8,14-23H2,3-5H3/t24-,25+,27?,29-,30+,31-,32-,33-,37+/m1/s1. The first kappa shape index (κ1) is 38.1. The number of esters is 1. The molecular formula is C37H51BrN4O8. The summed E-state index contributed by atoms with van der Waals surface area (Å²) in [5.41, 5.74) is -0.614. The van der Waals surface area contributed by atoms with Crippen molar-refractivity contribution in [2.75, 3.05) is 59.6 Å². The first-order chi connectivity index (χ1) is 24.0. The Morgan fingerprint density at radius 3 is 2.50 bits per heavy atom. The van der Waals surface area contributed by atoms with Crippen molar-refractivity contribution in [1.29, 1.82) is 0 Å². The molecule has 274 valence electrons. The third-order valence-electron chi connectivity index (χ3n) is 10.8. The number of aliphatic hydroxyl groups excluding tert-OH is 1. The van der Waals surface area contributed by atoms with E-state index in [0.717, 1.165) is 13.1 Å². The number of hydrogen-bond acceptors (Lipinski definition) is 9. The summed E-state index contributed by atoms with van der Waals surface area (Å²) in [6, 6.07) is 6.91. The number of likely N-dealkylation sites (tertiary alicyclic amines) is 1. The van der Waals surface area contributed by atoms with Crippen molar-refractivity contribution in [2.45, 2.75) is 73.9 Å². The van der Waals surface area contributed by atoms with E-state index in [1.54, 1.807) is 35.9 Å². The molecule has 0 aromatic heterocycles. The van der Waals surface area contributed by atoms with Crippen molar-refractivity contribution in [1.82, 2.24) is 19.6 Å². The Morgan fingerprint density at radius 1 is 1.16 bits per heavy atom. The van der Waals surface area contributed by atoms with E-state index in [0.29, 0.717) is 44.7 Å². The highest BCUT2D eigenvalue weighted by molar-refractivity contribution is 9.09. The molecule has 0 saturated carbocycles. The molecule has 50 heavy (non-hydrogen) atoms. The highest BCUT2D eigenvalue weighted by Crippen LogP contribution is 2.61. The van der Waals surface area contributed by atoms with Crippen LogP contribution in [0.5, 0.6) is 0 Å². The first-order valence-electron chi connectivity index (χ1n) is 17.6. The molecule has 5 rings (SSSR count). The maximum Gasteiger partial charge on any atom is 0.313 e. The van der Waals surface area contributed by atoms with Crippen molar-refractivity contribution in [2.24, 2.45) is 11.8 Å². The second-order valence-corrected chi connectivity index (χ2v) is 15.0. The zero-order chi connectivity index (χ0) is 36.2. The van der Waals surface area contributed by atoms with Gasteiger partial charge in [-0.2, -0.15) is 0 Å². The van der Waals surface area contributed by atoms with Crippen molar-refractivity contribution >= 4 is 39.6 Å². The summed E-state index contributed by atoms with van der Waals surface area (Å²) in [5, 5.41) is 10.3. The van der Waals surface area contributed by atoms with Gasteiger partial charge in [0.15, 0.2) is 0 Å². The van der Waals surface area contributed by atoms with Crippen LogP contribution < -0.4 is 0 Å². The number of aliphatic hydroxyl groups is 1. The number of morpholine rings is 1. The lowest BCUT2D eigenvalue weighted by Gasteiger charge is -2.39. The minimum Gasteiger partial charge on any atom is -0.455 e. The third kappa shape index (κ3) is 7.30. The molecule has 3 amide bonds. The lowest BCUT2D eigenvalue weighted by molar-refractivity contribution is -0.165. The summed E-state index contributed by atoms with van der Waals surface area (Å²) < 4.78 is 18.5. The Kier molecular flexibility index (Phi) is 12.6. The second kappa shape index (κ2) is 16.5. The molecule has 4 saturated heterocycles. The smallest absolute Gasteiger partial charge is 0.313 e. The minimum atomic E-state index is -1.32. The van der Waals surface area contributed by atoms with E-state index < -0.39 is 59.6 Å². The average Bonchev–Trinajstić information content (AvgIpc) is 3.73. The van der Waals surface area contributed by atoms with E-state index in [9.17, 15) is 24.3 Å². The normalized spacial score (nSPS) is 29.2. The summed E-state index contributed by atoms with van der Waals surface area (Å²) in [6.45, 7) is 14.8. The summed E-state index contributed by atoms with van der Waals surface area (Å²) in [7, 11) is 1.68. The van der Waals surface area contributed by atoms with Gasteiger partial charge in [0, 0.05) is 51.0 Å². The van der Waals surface area contributed by atoms with Crippen LogP contribution in [-0.4, -0.2) is 143 Å². The van der Waals surface area contributed by atoms with Gasteiger partial charge in [-0.25, -0.2) is 0 Å². The lowest BCUT2D eigenvalue weighted by atomic mass is 9.70. The van der Waals surface area contributed by atoms with Crippen molar-refractivity contribution in [3.63, 3.8) is 0 Å². The zero-order valence-electron chi connectivity index (χ0n) is 29.3. The van der Waals surface area contributed by atoms with Crippen LogP contribution in [0.3, 0.4) is 0 Å². The summed E-state index contributed by atoms with van der Waals surface area (Å²) in [5.74, 6) is -3.49. The fourth-order valence-electron chi connectivity index (χ4n) is 8.01. The number of carbonyl (C=O) groups excluding carboxylic acids is 4. The number of ether oxygens (including phenoxy) is 3. The summed E-state index contributed by atoms with van der Waals surface area (Å²) in [6.07, 6.45) is 2.90. The van der Waals surface area contributed by atoms with E-state index in [4.69, 9.17) is 14.2 Å². The molecule has 1 unspecified atom stereocenters.